The molecule has 0 unspecified atom stereocenters. The van der Waals surface area contributed by atoms with Crippen LogP contribution in [0.1, 0.15) is 17.3 Å². The Kier molecular flexibility index (Phi) is 5.17. The number of benzene rings is 1. The maximum Gasteiger partial charge on any atom is 0.308 e. The van der Waals surface area contributed by atoms with Gasteiger partial charge in [0.05, 0.1) is 5.56 Å². The molecule has 1 aromatic carbocycles. The molecule has 10 heteroatoms. The molecule has 0 radical (unpaired) electrons. The molecular weight excluding hydrogens is 408 g/mol. The molecule has 0 saturated heterocycles. The Morgan fingerprint density at radius 2 is 2.04 bits per heavy atom. The van der Waals surface area contributed by atoms with E-state index >= 15 is 0 Å². The first kappa shape index (κ1) is 17.6. The number of anilines is 1. The van der Waals surface area contributed by atoms with Crippen molar-refractivity contribution in [1.29, 1.82) is 0 Å². The van der Waals surface area contributed by atoms with Gasteiger partial charge in [-0.05, 0) is 34.1 Å². The van der Waals surface area contributed by atoms with Crippen LogP contribution in [0.25, 0.3) is 0 Å². The Bertz CT molecular complexity index is 876. The van der Waals surface area contributed by atoms with E-state index in [1.165, 1.54) is 30.5 Å². The second-order valence-corrected chi connectivity index (χ2v) is 8.13. The standard InChI is InChI=1S/C13H11BrN2O5S2/c1-7(17)21-8-3-4-9(10(14)5-8)12(18)16-13-15-11(6-22-13)23(2,19)20/h3-6H,1-2H3,(H,15,16,18). The fraction of sp³-hybridized carbons (Fsp3) is 0.154. The summed E-state index contributed by atoms with van der Waals surface area (Å²) in [6, 6.07) is 4.44. The second-order valence-electron chi connectivity index (χ2n) is 4.45. The van der Waals surface area contributed by atoms with E-state index in [2.05, 4.69) is 26.2 Å². The Labute approximate surface area is 144 Å². The molecule has 0 aliphatic rings. The van der Waals surface area contributed by atoms with Gasteiger partial charge in [-0.1, -0.05) is 0 Å². The van der Waals surface area contributed by atoms with Crippen LogP contribution in [0.4, 0.5) is 5.13 Å². The second kappa shape index (κ2) is 6.77. The number of nitrogens with zero attached hydrogens (tertiary/aromatic N) is 1. The Morgan fingerprint density at radius 3 is 2.57 bits per heavy atom. The first-order chi connectivity index (χ1) is 10.7. The minimum Gasteiger partial charge on any atom is -0.427 e. The molecule has 2 rings (SSSR count). The molecule has 0 saturated carbocycles. The van der Waals surface area contributed by atoms with Crippen LogP contribution in [0.5, 0.6) is 5.75 Å². The fourth-order valence-corrected chi connectivity index (χ4v) is 3.82. The van der Waals surface area contributed by atoms with Gasteiger partial charge in [0.1, 0.15) is 5.75 Å². The van der Waals surface area contributed by atoms with Crippen molar-refractivity contribution >= 4 is 54.1 Å². The van der Waals surface area contributed by atoms with E-state index in [1.807, 2.05) is 0 Å². The maximum absolute atomic E-state index is 12.2. The third-order valence-electron chi connectivity index (χ3n) is 2.53. The number of hydrogen-bond acceptors (Lipinski definition) is 7. The molecule has 1 amide bonds. The average Bonchev–Trinajstić information content (AvgIpc) is 2.86. The molecular formula is C13H11BrN2O5S2. The number of rotatable bonds is 4. The van der Waals surface area contributed by atoms with Gasteiger partial charge in [0.2, 0.25) is 0 Å². The molecule has 122 valence electrons. The molecule has 1 aromatic heterocycles. The molecule has 1 N–H and O–H groups in total. The van der Waals surface area contributed by atoms with Crippen molar-refractivity contribution in [2.24, 2.45) is 0 Å². The molecule has 0 aliphatic carbocycles. The van der Waals surface area contributed by atoms with Gasteiger partial charge in [-0.15, -0.1) is 11.3 Å². The summed E-state index contributed by atoms with van der Waals surface area (Å²) in [7, 11) is -3.42. The van der Waals surface area contributed by atoms with Crippen LogP contribution >= 0.6 is 27.3 Å². The van der Waals surface area contributed by atoms with Gasteiger partial charge in [0.25, 0.3) is 5.91 Å². The highest BCUT2D eigenvalue weighted by molar-refractivity contribution is 9.10. The lowest BCUT2D eigenvalue weighted by Gasteiger charge is -2.06. The number of nitrogens with one attached hydrogen (secondary N) is 1. The van der Waals surface area contributed by atoms with Gasteiger partial charge >= 0.3 is 5.97 Å². The Morgan fingerprint density at radius 1 is 1.35 bits per heavy atom. The molecule has 0 atom stereocenters. The number of aromatic nitrogens is 1. The molecule has 0 spiro atoms. The Hall–Kier alpha value is -1.78. The zero-order chi connectivity index (χ0) is 17.2. The van der Waals surface area contributed by atoms with Crippen LogP contribution in [0.3, 0.4) is 0 Å². The zero-order valence-electron chi connectivity index (χ0n) is 12.0. The van der Waals surface area contributed by atoms with E-state index in [0.29, 0.717) is 10.2 Å². The summed E-state index contributed by atoms with van der Waals surface area (Å²) in [5, 5.41) is 3.95. The molecule has 1 heterocycles. The van der Waals surface area contributed by atoms with Gasteiger partial charge in [-0.2, -0.15) is 0 Å². The molecule has 0 aliphatic heterocycles. The van der Waals surface area contributed by atoms with Gasteiger partial charge in [-0.25, -0.2) is 13.4 Å². The summed E-state index contributed by atoms with van der Waals surface area (Å²) in [6.07, 6.45) is 1.04. The number of hydrogen-bond donors (Lipinski definition) is 1. The van der Waals surface area contributed by atoms with Crippen molar-refractivity contribution in [1.82, 2.24) is 4.98 Å². The van der Waals surface area contributed by atoms with Crippen molar-refractivity contribution in [3.8, 4) is 5.75 Å². The van der Waals surface area contributed by atoms with E-state index in [0.717, 1.165) is 17.6 Å². The highest BCUT2D eigenvalue weighted by Gasteiger charge is 2.16. The topological polar surface area (TPSA) is 102 Å². The highest BCUT2D eigenvalue weighted by atomic mass is 79.9. The summed E-state index contributed by atoms with van der Waals surface area (Å²) >= 11 is 4.23. The number of amides is 1. The lowest BCUT2D eigenvalue weighted by molar-refractivity contribution is -0.131. The first-order valence-corrected chi connectivity index (χ1v) is 9.68. The van der Waals surface area contributed by atoms with Crippen LogP contribution < -0.4 is 10.1 Å². The number of sulfone groups is 1. The monoisotopic (exact) mass is 418 g/mol. The summed E-state index contributed by atoms with van der Waals surface area (Å²) < 4.78 is 28.1. The van der Waals surface area contributed by atoms with Gasteiger partial charge in [0, 0.05) is 23.0 Å². The number of halogens is 1. The predicted molar refractivity (Wildman–Crippen MR) is 88.6 cm³/mol. The third kappa shape index (κ3) is 4.60. The first-order valence-electron chi connectivity index (χ1n) is 6.11. The lowest BCUT2D eigenvalue weighted by atomic mass is 10.2. The Balaban J connectivity index is 2.18. The van der Waals surface area contributed by atoms with Crippen LogP contribution in [0.2, 0.25) is 0 Å². The minimum atomic E-state index is -3.42. The maximum atomic E-state index is 12.2. The quantitative estimate of drug-likeness (QED) is 0.604. The van der Waals surface area contributed by atoms with Crippen LogP contribution in [0.15, 0.2) is 33.1 Å². The van der Waals surface area contributed by atoms with E-state index in [-0.39, 0.29) is 15.7 Å². The molecule has 0 fully saturated rings. The zero-order valence-corrected chi connectivity index (χ0v) is 15.2. The van der Waals surface area contributed by atoms with Crippen molar-refractivity contribution in [2.75, 3.05) is 11.6 Å². The molecule has 2 aromatic rings. The average molecular weight is 419 g/mol. The summed E-state index contributed by atoms with van der Waals surface area (Å²) in [5.74, 6) is -0.639. The number of carbonyl (C=O) groups excluding carboxylic acids is 2. The van der Waals surface area contributed by atoms with E-state index < -0.39 is 21.7 Å². The van der Waals surface area contributed by atoms with E-state index in [4.69, 9.17) is 4.74 Å². The molecule has 23 heavy (non-hydrogen) atoms. The van der Waals surface area contributed by atoms with Gasteiger partial charge < -0.3 is 4.74 Å². The third-order valence-corrected chi connectivity index (χ3v) is 5.06. The summed E-state index contributed by atoms with van der Waals surface area (Å²) in [4.78, 5) is 26.9. The molecule has 7 nitrogen and oxygen atoms in total. The SMILES string of the molecule is CC(=O)Oc1ccc(C(=O)Nc2nc(S(C)(=O)=O)cs2)c(Br)c1. The van der Waals surface area contributed by atoms with Crippen molar-refractivity contribution in [3.05, 3.63) is 33.6 Å². The smallest absolute Gasteiger partial charge is 0.308 e. The number of thiazole rings is 1. The minimum absolute atomic E-state index is 0.0953. The highest BCUT2D eigenvalue weighted by Crippen LogP contribution is 2.25. The largest absolute Gasteiger partial charge is 0.427 e. The van der Waals surface area contributed by atoms with Crippen LogP contribution in [-0.2, 0) is 14.6 Å². The fourth-order valence-electron chi connectivity index (χ4n) is 1.56. The number of carbonyl (C=O) groups is 2. The van der Waals surface area contributed by atoms with Crippen molar-refractivity contribution < 1.29 is 22.7 Å². The van der Waals surface area contributed by atoms with Crippen LogP contribution in [-0.4, -0.2) is 31.5 Å². The van der Waals surface area contributed by atoms with E-state index in [9.17, 15) is 18.0 Å². The van der Waals surface area contributed by atoms with E-state index in [1.54, 1.807) is 0 Å². The van der Waals surface area contributed by atoms with Crippen molar-refractivity contribution in [3.63, 3.8) is 0 Å². The summed E-state index contributed by atoms with van der Waals surface area (Å²) in [5.41, 5.74) is 0.289. The lowest BCUT2D eigenvalue weighted by Crippen LogP contribution is -2.13. The normalized spacial score (nSPS) is 11.1. The molecule has 0 bridgehead atoms. The predicted octanol–water partition coefficient (Wildman–Crippen LogP) is 2.49. The van der Waals surface area contributed by atoms with Crippen molar-refractivity contribution in [2.45, 2.75) is 11.9 Å². The van der Waals surface area contributed by atoms with Crippen LogP contribution in [0, 0.1) is 0 Å². The number of ether oxygens (including phenoxy) is 1. The van der Waals surface area contributed by atoms with Gasteiger partial charge in [-0.3, -0.25) is 14.9 Å². The summed E-state index contributed by atoms with van der Waals surface area (Å²) in [6.45, 7) is 1.27. The number of esters is 1. The van der Waals surface area contributed by atoms with Gasteiger partial charge in [0.15, 0.2) is 20.0 Å².